The molecule has 1 fully saturated rings. The Bertz CT molecular complexity index is 548. The minimum Gasteiger partial charge on any atom is -0.394 e. The van der Waals surface area contributed by atoms with E-state index in [1.165, 1.54) is 13.8 Å². The summed E-state index contributed by atoms with van der Waals surface area (Å²) in [6.07, 6.45) is -10.3. The van der Waals surface area contributed by atoms with Crippen LogP contribution >= 0.6 is 0 Å². The van der Waals surface area contributed by atoms with Crippen LogP contribution in [-0.2, 0) is 23.9 Å². The predicted molar refractivity (Wildman–Crippen MR) is 91.6 cm³/mol. The van der Waals surface area contributed by atoms with Crippen molar-refractivity contribution in [2.75, 3.05) is 6.61 Å². The lowest BCUT2D eigenvalue weighted by atomic mass is 9.96. The number of ether oxygens (including phenoxy) is 2. The molecule has 0 aromatic carbocycles. The van der Waals surface area contributed by atoms with E-state index < -0.39 is 73.4 Å². The Morgan fingerprint density at radius 3 is 2.25 bits per heavy atom. The van der Waals surface area contributed by atoms with Crippen molar-refractivity contribution in [3.63, 3.8) is 0 Å². The van der Waals surface area contributed by atoms with Gasteiger partial charge in [0.1, 0.15) is 42.8 Å². The van der Waals surface area contributed by atoms with Gasteiger partial charge in [-0.25, -0.2) is 0 Å². The number of hydrogen-bond donors (Lipinski definition) is 7. The van der Waals surface area contributed by atoms with E-state index in [-0.39, 0.29) is 6.29 Å². The third-order valence-electron chi connectivity index (χ3n) is 4.29. The third-order valence-corrected chi connectivity index (χ3v) is 4.29. The SMILES string of the molecule is CC(=O)NC(C=O)C(OC1OC(C)C(O)C(NC(C)=O)C1O)C(O)C(O)CO. The third kappa shape index (κ3) is 6.17. The Kier molecular flexibility index (Phi) is 9.36. The van der Waals surface area contributed by atoms with Crippen LogP contribution in [0.15, 0.2) is 0 Å². The van der Waals surface area contributed by atoms with E-state index in [4.69, 9.17) is 14.6 Å². The van der Waals surface area contributed by atoms with Crippen LogP contribution in [0.1, 0.15) is 20.8 Å². The molecule has 1 aliphatic heterocycles. The number of hydrogen-bond acceptors (Lipinski definition) is 10. The quantitative estimate of drug-likeness (QED) is 0.184. The zero-order chi connectivity index (χ0) is 21.6. The molecule has 0 bridgehead atoms. The van der Waals surface area contributed by atoms with Crippen LogP contribution in [0.3, 0.4) is 0 Å². The Labute approximate surface area is 161 Å². The van der Waals surface area contributed by atoms with Gasteiger partial charge in [0.15, 0.2) is 6.29 Å². The molecular formula is C16H28N2O10. The lowest BCUT2D eigenvalue weighted by Gasteiger charge is -2.43. The second-order valence-electron chi connectivity index (χ2n) is 6.62. The molecule has 0 saturated carbocycles. The molecule has 2 amide bonds. The fourth-order valence-electron chi connectivity index (χ4n) is 2.84. The van der Waals surface area contributed by atoms with Gasteiger partial charge in [0.2, 0.25) is 11.8 Å². The molecule has 1 aliphatic rings. The first-order valence-electron chi connectivity index (χ1n) is 8.67. The number of amides is 2. The molecule has 0 radical (unpaired) electrons. The topological polar surface area (TPSA) is 195 Å². The number of carbonyl (C=O) groups excluding carboxylic acids is 3. The summed E-state index contributed by atoms with van der Waals surface area (Å²) < 4.78 is 10.8. The molecule has 12 heteroatoms. The zero-order valence-corrected chi connectivity index (χ0v) is 15.8. The van der Waals surface area contributed by atoms with Gasteiger partial charge in [-0.3, -0.25) is 9.59 Å². The fraction of sp³-hybridized carbons (Fsp3) is 0.812. The second-order valence-corrected chi connectivity index (χ2v) is 6.62. The van der Waals surface area contributed by atoms with Crippen molar-refractivity contribution in [2.24, 2.45) is 0 Å². The zero-order valence-electron chi connectivity index (χ0n) is 15.8. The molecule has 9 unspecified atom stereocenters. The van der Waals surface area contributed by atoms with Crippen LogP contribution in [0.2, 0.25) is 0 Å². The summed E-state index contributed by atoms with van der Waals surface area (Å²) in [5, 5.41) is 54.2. The summed E-state index contributed by atoms with van der Waals surface area (Å²) in [5.41, 5.74) is 0. The Balaban J connectivity index is 3.12. The predicted octanol–water partition coefficient (Wildman–Crippen LogP) is -4.24. The minimum atomic E-state index is -1.84. The van der Waals surface area contributed by atoms with Crippen molar-refractivity contribution in [3.8, 4) is 0 Å². The van der Waals surface area contributed by atoms with Crippen LogP contribution < -0.4 is 10.6 Å². The average Bonchev–Trinajstić information content (AvgIpc) is 2.63. The molecule has 162 valence electrons. The number of carbonyl (C=O) groups is 3. The molecule has 0 aliphatic carbocycles. The maximum absolute atomic E-state index is 11.4. The van der Waals surface area contributed by atoms with E-state index in [0.717, 1.165) is 6.92 Å². The van der Waals surface area contributed by atoms with E-state index in [9.17, 15) is 34.8 Å². The van der Waals surface area contributed by atoms with Gasteiger partial charge in [-0.15, -0.1) is 0 Å². The van der Waals surface area contributed by atoms with Crippen LogP contribution in [0.25, 0.3) is 0 Å². The van der Waals surface area contributed by atoms with E-state index in [1.54, 1.807) is 0 Å². The van der Waals surface area contributed by atoms with Gasteiger partial charge < -0.3 is 50.4 Å². The maximum atomic E-state index is 11.4. The molecule has 9 atom stereocenters. The van der Waals surface area contributed by atoms with Gasteiger partial charge in [0, 0.05) is 13.8 Å². The Morgan fingerprint density at radius 1 is 1.18 bits per heavy atom. The number of aliphatic hydroxyl groups excluding tert-OH is 5. The van der Waals surface area contributed by atoms with Crippen molar-refractivity contribution >= 4 is 18.1 Å². The van der Waals surface area contributed by atoms with Crippen molar-refractivity contribution in [3.05, 3.63) is 0 Å². The fourth-order valence-corrected chi connectivity index (χ4v) is 2.84. The molecule has 28 heavy (non-hydrogen) atoms. The Morgan fingerprint density at radius 2 is 1.79 bits per heavy atom. The summed E-state index contributed by atoms with van der Waals surface area (Å²) in [6, 6.07) is -2.63. The van der Waals surface area contributed by atoms with Gasteiger partial charge in [-0.1, -0.05) is 0 Å². The van der Waals surface area contributed by atoms with Crippen LogP contribution in [0.4, 0.5) is 0 Å². The van der Waals surface area contributed by atoms with Gasteiger partial charge in [-0.2, -0.15) is 0 Å². The van der Waals surface area contributed by atoms with E-state index >= 15 is 0 Å². The van der Waals surface area contributed by atoms with Gasteiger partial charge in [-0.05, 0) is 6.92 Å². The van der Waals surface area contributed by atoms with Gasteiger partial charge >= 0.3 is 0 Å². The van der Waals surface area contributed by atoms with Crippen molar-refractivity contribution in [1.82, 2.24) is 10.6 Å². The second kappa shape index (κ2) is 10.8. The highest BCUT2D eigenvalue weighted by Gasteiger charge is 2.46. The van der Waals surface area contributed by atoms with E-state index in [2.05, 4.69) is 10.6 Å². The van der Waals surface area contributed by atoms with Crippen LogP contribution in [0, 0.1) is 0 Å². The lowest BCUT2D eigenvalue weighted by molar-refractivity contribution is -0.296. The first kappa shape index (κ1) is 24.4. The molecule has 1 rings (SSSR count). The monoisotopic (exact) mass is 408 g/mol. The normalized spacial score (nSPS) is 31.9. The number of nitrogens with one attached hydrogen (secondary N) is 2. The van der Waals surface area contributed by atoms with Crippen LogP contribution in [-0.4, -0.2) is 105 Å². The van der Waals surface area contributed by atoms with Gasteiger partial charge in [0.25, 0.3) is 0 Å². The smallest absolute Gasteiger partial charge is 0.217 e. The molecule has 1 saturated heterocycles. The van der Waals surface area contributed by atoms with E-state index in [0.29, 0.717) is 0 Å². The highest BCUT2D eigenvalue weighted by molar-refractivity contribution is 5.77. The van der Waals surface area contributed by atoms with Crippen LogP contribution in [0.5, 0.6) is 0 Å². The highest BCUT2D eigenvalue weighted by atomic mass is 16.7. The molecule has 0 aromatic rings. The first-order chi connectivity index (χ1) is 13.0. The highest BCUT2D eigenvalue weighted by Crippen LogP contribution is 2.25. The standard InChI is InChI=1S/C16H28N2O10/c1-6-12(24)11(18-8(3)22)14(26)16(27-6)28-15(13(25)10(23)5-20)9(4-19)17-7(2)21/h4,6,9-16,20,23-26H,5H2,1-3H3,(H,17,21)(H,18,22). The largest absolute Gasteiger partial charge is 0.394 e. The molecule has 1 heterocycles. The molecule has 0 spiro atoms. The lowest BCUT2D eigenvalue weighted by Crippen LogP contribution is -2.65. The average molecular weight is 408 g/mol. The van der Waals surface area contributed by atoms with Crippen molar-refractivity contribution in [1.29, 1.82) is 0 Å². The molecule has 12 nitrogen and oxygen atoms in total. The summed E-state index contributed by atoms with van der Waals surface area (Å²) in [6.45, 7) is 2.86. The summed E-state index contributed by atoms with van der Waals surface area (Å²) in [5.74, 6) is -1.17. The van der Waals surface area contributed by atoms with Crippen molar-refractivity contribution < 1.29 is 49.4 Å². The minimum absolute atomic E-state index is 0.248. The Hall–Kier alpha value is -1.67. The van der Waals surface area contributed by atoms with E-state index in [1.807, 2.05) is 0 Å². The summed E-state index contributed by atoms with van der Waals surface area (Å²) in [7, 11) is 0. The first-order valence-corrected chi connectivity index (χ1v) is 8.67. The number of aliphatic hydroxyl groups is 5. The van der Waals surface area contributed by atoms with Gasteiger partial charge in [0.05, 0.1) is 18.8 Å². The maximum Gasteiger partial charge on any atom is 0.217 e. The summed E-state index contributed by atoms with van der Waals surface area (Å²) >= 11 is 0. The summed E-state index contributed by atoms with van der Waals surface area (Å²) in [4.78, 5) is 34.1. The number of rotatable bonds is 9. The molecule has 0 aromatic heterocycles. The molecular weight excluding hydrogens is 380 g/mol. The number of aldehydes is 1. The molecule has 7 N–H and O–H groups in total. The van der Waals surface area contributed by atoms with Crippen molar-refractivity contribution in [2.45, 2.75) is 75.8 Å².